The quantitative estimate of drug-likeness (QED) is 0.807. The predicted octanol–water partition coefficient (Wildman–Crippen LogP) is 3.29. The van der Waals surface area contributed by atoms with Crippen molar-refractivity contribution in [3.63, 3.8) is 0 Å². The summed E-state index contributed by atoms with van der Waals surface area (Å²) in [7, 11) is 0. The molecule has 0 aliphatic heterocycles. The van der Waals surface area contributed by atoms with E-state index in [9.17, 15) is 4.79 Å². The summed E-state index contributed by atoms with van der Waals surface area (Å²) in [6, 6.07) is 5.57. The Morgan fingerprint density at radius 1 is 1.40 bits per heavy atom. The number of nitrogens with one attached hydrogen (secondary N) is 1. The summed E-state index contributed by atoms with van der Waals surface area (Å²) in [5.74, 6) is -0.0624. The third-order valence-electron chi connectivity index (χ3n) is 2.96. The first-order valence-corrected chi connectivity index (χ1v) is 7.34. The van der Waals surface area contributed by atoms with E-state index in [4.69, 9.17) is 11.6 Å². The molecule has 0 unspecified atom stereocenters. The van der Waals surface area contributed by atoms with Gasteiger partial charge in [0, 0.05) is 12.4 Å². The van der Waals surface area contributed by atoms with E-state index < -0.39 is 0 Å². The van der Waals surface area contributed by atoms with Crippen molar-refractivity contribution in [2.45, 2.75) is 13.5 Å². The van der Waals surface area contributed by atoms with Gasteiger partial charge in [-0.3, -0.25) is 4.79 Å². The summed E-state index contributed by atoms with van der Waals surface area (Å²) in [4.78, 5) is 17.2. The van der Waals surface area contributed by atoms with Gasteiger partial charge in [0.15, 0.2) is 0 Å². The van der Waals surface area contributed by atoms with Crippen LogP contribution in [0.15, 0.2) is 36.0 Å². The minimum Gasteiger partial charge on any atom is -0.346 e. The Morgan fingerprint density at radius 3 is 3.00 bits per heavy atom. The number of imidazole rings is 1. The number of pyridine rings is 1. The van der Waals surface area contributed by atoms with Crippen LogP contribution >= 0.6 is 22.9 Å². The molecule has 0 spiro atoms. The van der Waals surface area contributed by atoms with Crippen molar-refractivity contribution in [3.8, 4) is 0 Å². The van der Waals surface area contributed by atoms with Crippen molar-refractivity contribution in [1.82, 2.24) is 14.7 Å². The average Bonchev–Trinajstić information content (AvgIpc) is 3.01. The molecule has 1 N–H and O–H groups in total. The van der Waals surface area contributed by atoms with Crippen LogP contribution in [-0.2, 0) is 6.54 Å². The molecule has 0 aliphatic carbocycles. The fraction of sp³-hybridized carbons (Fsp3) is 0.143. The Hall–Kier alpha value is -1.85. The third-order valence-corrected chi connectivity index (χ3v) is 4.20. The minimum atomic E-state index is -0.0624. The molecule has 0 saturated heterocycles. The Morgan fingerprint density at radius 2 is 2.25 bits per heavy atom. The smallest absolute Gasteiger partial charge is 0.261 e. The van der Waals surface area contributed by atoms with Crippen LogP contribution in [-0.4, -0.2) is 15.3 Å². The zero-order chi connectivity index (χ0) is 14.1. The lowest BCUT2D eigenvalue weighted by molar-refractivity contribution is 0.0954. The number of rotatable bonds is 3. The SMILES string of the molecule is Cc1ccsc1C(=O)NCc1cn2cc(Cl)ccc2n1. The molecule has 0 saturated carbocycles. The molecule has 3 aromatic heterocycles. The number of amides is 1. The monoisotopic (exact) mass is 305 g/mol. The fourth-order valence-electron chi connectivity index (χ4n) is 1.96. The Balaban J connectivity index is 1.74. The summed E-state index contributed by atoms with van der Waals surface area (Å²) in [6.45, 7) is 2.33. The number of thiophene rings is 1. The van der Waals surface area contributed by atoms with Crippen LogP contribution in [0, 0.1) is 6.92 Å². The zero-order valence-corrected chi connectivity index (χ0v) is 12.3. The number of fused-ring (bicyclic) bond motifs is 1. The summed E-state index contributed by atoms with van der Waals surface area (Å²) >= 11 is 7.37. The summed E-state index contributed by atoms with van der Waals surface area (Å²) in [5, 5.41) is 5.45. The van der Waals surface area contributed by atoms with Crippen LogP contribution < -0.4 is 5.32 Å². The molecule has 4 nitrogen and oxygen atoms in total. The lowest BCUT2D eigenvalue weighted by Crippen LogP contribution is -2.22. The van der Waals surface area contributed by atoms with Gasteiger partial charge in [-0.2, -0.15) is 0 Å². The molecule has 0 bridgehead atoms. The number of hydrogen-bond donors (Lipinski definition) is 1. The van der Waals surface area contributed by atoms with Gasteiger partial charge in [0.1, 0.15) is 5.65 Å². The lowest BCUT2D eigenvalue weighted by atomic mass is 10.3. The van der Waals surface area contributed by atoms with Crippen molar-refractivity contribution < 1.29 is 4.79 Å². The summed E-state index contributed by atoms with van der Waals surface area (Å²) in [5.41, 5.74) is 2.61. The van der Waals surface area contributed by atoms with Crippen LogP contribution in [0.5, 0.6) is 0 Å². The van der Waals surface area contributed by atoms with Crippen LogP contribution in [0.25, 0.3) is 5.65 Å². The molecule has 20 heavy (non-hydrogen) atoms. The Labute approximate surface area is 125 Å². The van der Waals surface area contributed by atoms with Crippen molar-refractivity contribution in [1.29, 1.82) is 0 Å². The second-order valence-electron chi connectivity index (χ2n) is 4.46. The van der Waals surface area contributed by atoms with Crippen LogP contribution in [0.2, 0.25) is 5.02 Å². The second-order valence-corrected chi connectivity index (χ2v) is 5.81. The van der Waals surface area contributed by atoms with E-state index in [1.54, 1.807) is 12.3 Å². The van der Waals surface area contributed by atoms with Gasteiger partial charge in [-0.25, -0.2) is 4.98 Å². The number of carbonyl (C=O) groups is 1. The molecule has 1 amide bonds. The topological polar surface area (TPSA) is 46.4 Å². The van der Waals surface area contributed by atoms with Gasteiger partial charge in [0.2, 0.25) is 0 Å². The molecule has 0 aromatic carbocycles. The second kappa shape index (κ2) is 5.26. The van der Waals surface area contributed by atoms with E-state index in [-0.39, 0.29) is 5.91 Å². The van der Waals surface area contributed by atoms with Crippen LogP contribution in [0.4, 0.5) is 0 Å². The minimum absolute atomic E-state index is 0.0624. The first-order valence-electron chi connectivity index (χ1n) is 6.09. The standard InChI is InChI=1S/C14H12ClN3OS/c1-9-4-5-20-13(9)14(19)16-6-11-8-18-7-10(15)2-3-12(18)17-11/h2-5,7-8H,6H2,1H3,(H,16,19). The lowest BCUT2D eigenvalue weighted by Gasteiger charge is -2.01. The highest BCUT2D eigenvalue weighted by atomic mass is 35.5. The maximum atomic E-state index is 12.0. The van der Waals surface area contributed by atoms with Gasteiger partial charge in [0.05, 0.1) is 22.1 Å². The van der Waals surface area contributed by atoms with Crippen molar-refractivity contribution >= 4 is 34.5 Å². The number of aryl methyl sites for hydroxylation is 1. The van der Waals surface area contributed by atoms with E-state index in [2.05, 4.69) is 10.3 Å². The Kier molecular flexibility index (Phi) is 3.46. The first kappa shape index (κ1) is 13.1. The van der Waals surface area contributed by atoms with Crippen molar-refractivity contribution in [2.75, 3.05) is 0 Å². The van der Waals surface area contributed by atoms with E-state index in [0.29, 0.717) is 11.6 Å². The van der Waals surface area contributed by atoms with Gasteiger partial charge in [0.25, 0.3) is 5.91 Å². The maximum Gasteiger partial charge on any atom is 0.261 e. The molecule has 3 rings (SSSR count). The highest BCUT2D eigenvalue weighted by molar-refractivity contribution is 7.12. The fourth-order valence-corrected chi connectivity index (χ4v) is 2.97. The summed E-state index contributed by atoms with van der Waals surface area (Å²) < 4.78 is 1.85. The zero-order valence-electron chi connectivity index (χ0n) is 10.8. The number of halogens is 1. The summed E-state index contributed by atoms with van der Waals surface area (Å²) in [6.07, 6.45) is 3.65. The predicted molar refractivity (Wildman–Crippen MR) is 80.4 cm³/mol. The van der Waals surface area contributed by atoms with E-state index >= 15 is 0 Å². The molecule has 3 aromatic rings. The number of aromatic nitrogens is 2. The molecule has 3 heterocycles. The van der Waals surface area contributed by atoms with Crippen LogP contribution in [0.1, 0.15) is 20.9 Å². The van der Waals surface area contributed by atoms with Gasteiger partial charge in [-0.1, -0.05) is 11.6 Å². The highest BCUT2D eigenvalue weighted by Crippen LogP contribution is 2.15. The molecule has 102 valence electrons. The number of nitrogens with zero attached hydrogens (tertiary/aromatic N) is 2. The number of hydrogen-bond acceptors (Lipinski definition) is 3. The van der Waals surface area contributed by atoms with E-state index in [0.717, 1.165) is 21.8 Å². The third kappa shape index (κ3) is 2.55. The molecule has 0 radical (unpaired) electrons. The normalized spacial score (nSPS) is 10.9. The molecular formula is C14H12ClN3OS. The van der Waals surface area contributed by atoms with Gasteiger partial charge in [-0.05, 0) is 36.1 Å². The van der Waals surface area contributed by atoms with Crippen LogP contribution in [0.3, 0.4) is 0 Å². The maximum absolute atomic E-state index is 12.0. The number of carbonyl (C=O) groups excluding carboxylic acids is 1. The largest absolute Gasteiger partial charge is 0.346 e. The van der Waals surface area contributed by atoms with Gasteiger partial charge < -0.3 is 9.72 Å². The molecule has 0 aliphatic rings. The first-order chi connectivity index (χ1) is 9.63. The highest BCUT2D eigenvalue weighted by Gasteiger charge is 2.10. The van der Waals surface area contributed by atoms with E-state index in [1.165, 1.54) is 11.3 Å². The molecule has 6 heteroatoms. The van der Waals surface area contributed by atoms with Crippen molar-refractivity contribution in [3.05, 3.63) is 57.1 Å². The Bertz CT molecular complexity index is 778. The van der Waals surface area contributed by atoms with Crippen molar-refractivity contribution in [2.24, 2.45) is 0 Å². The average molecular weight is 306 g/mol. The van der Waals surface area contributed by atoms with E-state index in [1.807, 2.05) is 35.0 Å². The molecular weight excluding hydrogens is 294 g/mol. The van der Waals surface area contributed by atoms with Gasteiger partial charge in [-0.15, -0.1) is 11.3 Å². The molecule has 0 fully saturated rings. The molecule has 0 atom stereocenters. The van der Waals surface area contributed by atoms with Gasteiger partial charge >= 0.3 is 0 Å².